The third-order valence-corrected chi connectivity index (χ3v) is 3.47. The summed E-state index contributed by atoms with van der Waals surface area (Å²) in [6.45, 7) is 8.95. The van der Waals surface area contributed by atoms with E-state index in [0.29, 0.717) is 6.61 Å². The first-order valence-corrected chi connectivity index (χ1v) is 6.47. The molecule has 0 saturated carbocycles. The van der Waals surface area contributed by atoms with Gasteiger partial charge in [0.05, 0.1) is 24.9 Å². The Morgan fingerprint density at radius 3 is 2.82 bits per heavy atom. The smallest absolute Gasteiger partial charge is 0.102 e. The zero-order valence-electron chi connectivity index (χ0n) is 10.3. The lowest BCUT2D eigenvalue weighted by Crippen LogP contribution is -2.37. The maximum atomic E-state index is 6.07. The minimum absolute atomic E-state index is 0.0216. The lowest BCUT2D eigenvalue weighted by Gasteiger charge is -2.31. The SMILES string of the molecule is C=CCO[C@H]1CC[C@H]2OCCC[C@@H]2O[C@@H]1C=C. The molecule has 2 saturated heterocycles. The Bertz CT molecular complexity index is 264. The van der Waals surface area contributed by atoms with Gasteiger partial charge in [-0.15, -0.1) is 13.2 Å². The van der Waals surface area contributed by atoms with Gasteiger partial charge in [-0.2, -0.15) is 0 Å². The predicted octanol–water partition coefficient (Wildman–Crippen LogP) is 2.47. The van der Waals surface area contributed by atoms with Crippen LogP contribution in [0, 0.1) is 0 Å². The Labute approximate surface area is 103 Å². The highest BCUT2D eigenvalue weighted by Gasteiger charge is 2.35. The number of ether oxygens (including phenoxy) is 3. The van der Waals surface area contributed by atoms with E-state index in [0.717, 1.165) is 32.3 Å². The van der Waals surface area contributed by atoms with Gasteiger partial charge >= 0.3 is 0 Å². The Kier molecular flexibility index (Phi) is 4.77. The summed E-state index contributed by atoms with van der Waals surface area (Å²) in [6, 6.07) is 0. The van der Waals surface area contributed by atoms with Gasteiger partial charge in [0.25, 0.3) is 0 Å². The van der Waals surface area contributed by atoms with Crippen LogP contribution in [0.5, 0.6) is 0 Å². The standard InChI is InChI=1S/C14H22O3/c1-3-9-15-12-7-8-13-14(6-5-10-16-13)17-11(12)4-2/h3-4,11-14H,1-2,5-10H2/t11-,12+,13-,14+/m1/s1. The van der Waals surface area contributed by atoms with Crippen LogP contribution in [0.1, 0.15) is 25.7 Å². The summed E-state index contributed by atoms with van der Waals surface area (Å²) in [7, 11) is 0. The molecule has 0 amide bonds. The van der Waals surface area contributed by atoms with Crippen molar-refractivity contribution < 1.29 is 14.2 Å². The van der Waals surface area contributed by atoms with Crippen LogP contribution in [-0.4, -0.2) is 37.6 Å². The van der Waals surface area contributed by atoms with Gasteiger partial charge in [0.15, 0.2) is 0 Å². The van der Waals surface area contributed by atoms with E-state index in [-0.39, 0.29) is 24.4 Å². The largest absolute Gasteiger partial charge is 0.376 e. The molecule has 2 aliphatic rings. The third-order valence-electron chi connectivity index (χ3n) is 3.47. The first-order chi connectivity index (χ1) is 8.35. The van der Waals surface area contributed by atoms with Gasteiger partial charge in [-0.3, -0.25) is 0 Å². The highest BCUT2D eigenvalue weighted by Crippen LogP contribution is 2.29. The molecule has 2 fully saturated rings. The first-order valence-electron chi connectivity index (χ1n) is 6.47. The molecule has 0 radical (unpaired) electrons. The molecule has 4 atom stereocenters. The summed E-state index contributed by atoms with van der Waals surface area (Å²) in [6.07, 6.45) is 8.28. The molecular weight excluding hydrogens is 216 g/mol. The highest BCUT2D eigenvalue weighted by molar-refractivity contribution is 4.93. The summed E-state index contributed by atoms with van der Waals surface area (Å²) in [5, 5.41) is 0. The average molecular weight is 238 g/mol. The molecule has 3 nitrogen and oxygen atoms in total. The van der Waals surface area contributed by atoms with Crippen LogP contribution in [0.4, 0.5) is 0 Å². The summed E-state index contributed by atoms with van der Waals surface area (Å²) in [4.78, 5) is 0. The molecule has 2 heterocycles. The molecule has 96 valence electrons. The van der Waals surface area contributed by atoms with Gasteiger partial charge in [-0.05, 0) is 25.7 Å². The third kappa shape index (κ3) is 3.18. The van der Waals surface area contributed by atoms with Crippen LogP contribution in [-0.2, 0) is 14.2 Å². The lowest BCUT2D eigenvalue weighted by molar-refractivity contribution is -0.125. The maximum Gasteiger partial charge on any atom is 0.102 e. The fourth-order valence-corrected chi connectivity index (χ4v) is 2.60. The monoisotopic (exact) mass is 238 g/mol. The number of fused-ring (bicyclic) bond motifs is 1. The topological polar surface area (TPSA) is 27.7 Å². The van der Waals surface area contributed by atoms with Crippen molar-refractivity contribution in [2.24, 2.45) is 0 Å². The number of hydrogen-bond acceptors (Lipinski definition) is 3. The Morgan fingerprint density at radius 1 is 1.18 bits per heavy atom. The fraction of sp³-hybridized carbons (Fsp3) is 0.714. The number of rotatable bonds is 4. The van der Waals surface area contributed by atoms with Gasteiger partial charge in [0, 0.05) is 6.61 Å². The van der Waals surface area contributed by atoms with Crippen molar-refractivity contribution in [3.05, 3.63) is 25.3 Å². The minimum atomic E-state index is -0.0216. The zero-order chi connectivity index (χ0) is 12.1. The van der Waals surface area contributed by atoms with Gasteiger partial charge < -0.3 is 14.2 Å². The van der Waals surface area contributed by atoms with E-state index >= 15 is 0 Å². The minimum Gasteiger partial charge on any atom is -0.376 e. The average Bonchev–Trinajstić information content (AvgIpc) is 2.55. The lowest BCUT2D eigenvalue weighted by atomic mass is 10.0. The van der Waals surface area contributed by atoms with Gasteiger partial charge in [0.2, 0.25) is 0 Å². The molecule has 0 aromatic rings. The van der Waals surface area contributed by atoms with Crippen LogP contribution in [0.3, 0.4) is 0 Å². The number of hydrogen-bond donors (Lipinski definition) is 0. The molecule has 2 aliphatic heterocycles. The molecular formula is C14H22O3. The second-order valence-corrected chi connectivity index (χ2v) is 4.66. The van der Waals surface area contributed by atoms with Crippen molar-refractivity contribution in [3.63, 3.8) is 0 Å². The molecule has 0 spiro atoms. The van der Waals surface area contributed by atoms with E-state index in [1.54, 1.807) is 6.08 Å². The van der Waals surface area contributed by atoms with Crippen LogP contribution in [0.15, 0.2) is 25.3 Å². The second kappa shape index (κ2) is 6.34. The summed E-state index contributed by atoms with van der Waals surface area (Å²) >= 11 is 0. The van der Waals surface area contributed by atoms with E-state index < -0.39 is 0 Å². The molecule has 0 bridgehead atoms. The van der Waals surface area contributed by atoms with Crippen LogP contribution in [0.2, 0.25) is 0 Å². The van der Waals surface area contributed by atoms with Gasteiger partial charge in [0.1, 0.15) is 6.10 Å². The normalized spacial score (nSPS) is 37.9. The quantitative estimate of drug-likeness (QED) is 0.704. The van der Waals surface area contributed by atoms with Gasteiger partial charge in [-0.1, -0.05) is 12.2 Å². The Hall–Kier alpha value is -0.640. The summed E-state index contributed by atoms with van der Waals surface area (Å²) < 4.78 is 17.6. The van der Waals surface area contributed by atoms with E-state index in [1.165, 1.54) is 0 Å². The van der Waals surface area contributed by atoms with Crippen molar-refractivity contribution >= 4 is 0 Å². The van der Waals surface area contributed by atoms with Crippen molar-refractivity contribution in [3.8, 4) is 0 Å². The maximum absolute atomic E-state index is 6.07. The van der Waals surface area contributed by atoms with E-state index in [4.69, 9.17) is 14.2 Å². The van der Waals surface area contributed by atoms with E-state index in [2.05, 4.69) is 13.2 Å². The molecule has 17 heavy (non-hydrogen) atoms. The molecule has 0 aliphatic carbocycles. The predicted molar refractivity (Wildman–Crippen MR) is 67.0 cm³/mol. The van der Waals surface area contributed by atoms with Crippen molar-refractivity contribution in [1.29, 1.82) is 0 Å². The summed E-state index contributed by atoms with van der Waals surface area (Å²) in [5.74, 6) is 0. The molecule has 2 rings (SSSR count). The van der Waals surface area contributed by atoms with Crippen LogP contribution in [0.25, 0.3) is 0 Å². The molecule has 0 aromatic carbocycles. The van der Waals surface area contributed by atoms with Gasteiger partial charge in [-0.25, -0.2) is 0 Å². The summed E-state index contributed by atoms with van der Waals surface area (Å²) in [5.41, 5.74) is 0. The van der Waals surface area contributed by atoms with E-state index in [9.17, 15) is 0 Å². The molecule has 0 aromatic heterocycles. The Balaban J connectivity index is 1.99. The zero-order valence-corrected chi connectivity index (χ0v) is 10.3. The molecule has 3 heteroatoms. The van der Waals surface area contributed by atoms with Crippen molar-refractivity contribution in [2.75, 3.05) is 13.2 Å². The van der Waals surface area contributed by atoms with Crippen molar-refractivity contribution in [1.82, 2.24) is 0 Å². The molecule has 0 unspecified atom stereocenters. The first kappa shape index (κ1) is 12.8. The van der Waals surface area contributed by atoms with Crippen LogP contribution >= 0.6 is 0 Å². The molecule has 0 N–H and O–H groups in total. The van der Waals surface area contributed by atoms with Crippen molar-refractivity contribution in [2.45, 2.75) is 50.1 Å². The fourth-order valence-electron chi connectivity index (χ4n) is 2.60. The van der Waals surface area contributed by atoms with E-state index in [1.807, 2.05) is 6.08 Å². The second-order valence-electron chi connectivity index (χ2n) is 4.66. The van der Waals surface area contributed by atoms with Crippen LogP contribution < -0.4 is 0 Å². The highest BCUT2D eigenvalue weighted by atomic mass is 16.6. The Morgan fingerprint density at radius 2 is 2.06 bits per heavy atom.